The molecule has 4 nitrogen and oxygen atoms in total. The maximum Gasteiger partial charge on any atom is 0.239 e. The van der Waals surface area contributed by atoms with E-state index in [1.807, 2.05) is 14.1 Å². The Hall–Kier alpha value is -0.610. The van der Waals surface area contributed by atoms with Crippen molar-refractivity contribution in [1.29, 1.82) is 0 Å². The number of carbonyl (C=O) groups excluding carboxylic acids is 1. The minimum Gasteiger partial charge on any atom is -0.347 e. The highest BCUT2D eigenvalue weighted by Crippen LogP contribution is 2.21. The highest BCUT2D eigenvalue weighted by atomic mass is 16.2. The molecule has 2 atom stereocenters. The predicted molar refractivity (Wildman–Crippen MR) is 84.8 cm³/mol. The van der Waals surface area contributed by atoms with Gasteiger partial charge in [0.25, 0.3) is 0 Å². The number of carbonyl (C=O) groups is 1. The Morgan fingerprint density at radius 3 is 2.25 bits per heavy atom. The van der Waals surface area contributed by atoms with Crippen molar-refractivity contribution in [3.8, 4) is 0 Å². The van der Waals surface area contributed by atoms with Crippen molar-refractivity contribution < 1.29 is 4.79 Å². The van der Waals surface area contributed by atoms with Crippen LogP contribution in [0.1, 0.15) is 40.0 Å². The lowest BCUT2D eigenvalue weighted by molar-refractivity contribution is -0.131. The third kappa shape index (κ3) is 5.41. The molecule has 1 heterocycles. The molecule has 0 aromatic rings. The molecule has 20 heavy (non-hydrogen) atoms. The first-order chi connectivity index (χ1) is 9.31. The number of amides is 1. The largest absolute Gasteiger partial charge is 0.347 e. The molecule has 1 fully saturated rings. The summed E-state index contributed by atoms with van der Waals surface area (Å²) in [4.78, 5) is 16.4. The molecule has 0 aromatic heterocycles. The van der Waals surface area contributed by atoms with Crippen molar-refractivity contribution in [2.75, 3.05) is 34.2 Å². The van der Waals surface area contributed by atoms with Crippen LogP contribution in [0.25, 0.3) is 0 Å². The maximum atomic E-state index is 12.3. The fourth-order valence-corrected chi connectivity index (χ4v) is 3.01. The Labute approximate surface area is 124 Å². The highest BCUT2D eigenvalue weighted by molar-refractivity contribution is 5.81. The summed E-state index contributed by atoms with van der Waals surface area (Å²) in [5.41, 5.74) is 0. The standard InChI is InChI=1S/C16H33N3O/c1-12(2)11-15(16(20)18(4)5)17-13(3)14-7-9-19(6)10-8-14/h12-15,17H,7-11H2,1-6H3. The van der Waals surface area contributed by atoms with Gasteiger partial charge in [-0.1, -0.05) is 13.8 Å². The van der Waals surface area contributed by atoms with E-state index in [0.29, 0.717) is 17.9 Å². The molecule has 2 unspecified atom stereocenters. The Morgan fingerprint density at radius 1 is 1.25 bits per heavy atom. The third-order valence-electron chi connectivity index (χ3n) is 4.38. The summed E-state index contributed by atoms with van der Waals surface area (Å²) in [5.74, 6) is 1.43. The molecular weight excluding hydrogens is 250 g/mol. The fourth-order valence-electron chi connectivity index (χ4n) is 3.01. The summed E-state index contributed by atoms with van der Waals surface area (Å²) in [6.07, 6.45) is 3.37. The quantitative estimate of drug-likeness (QED) is 0.807. The number of hydrogen-bond acceptors (Lipinski definition) is 3. The highest BCUT2D eigenvalue weighted by Gasteiger charge is 2.28. The zero-order valence-corrected chi connectivity index (χ0v) is 14.1. The van der Waals surface area contributed by atoms with Crippen molar-refractivity contribution in [3.63, 3.8) is 0 Å². The molecule has 0 aliphatic carbocycles. The first-order valence-corrected chi connectivity index (χ1v) is 7.97. The molecule has 1 aliphatic rings. The number of nitrogens with zero attached hydrogens (tertiary/aromatic N) is 2. The molecule has 0 aromatic carbocycles. The van der Waals surface area contributed by atoms with Crippen molar-refractivity contribution in [2.45, 2.75) is 52.1 Å². The molecule has 1 saturated heterocycles. The van der Waals surface area contributed by atoms with Crippen molar-refractivity contribution in [2.24, 2.45) is 11.8 Å². The molecule has 1 aliphatic heterocycles. The van der Waals surface area contributed by atoms with Crippen LogP contribution in [0, 0.1) is 11.8 Å². The molecule has 0 bridgehead atoms. The summed E-state index contributed by atoms with van der Waals surface area (Å²) in [5, 5.41) is 3.60. The van der Waals surface area contributed by atoms with Gasteiger partial charge in [-0.25, -0.2) is 0 Å². The number of likely N-dealkylation sites (tertiary alicyclic amines) is 1. The van der Waals surface area contributed by atoms with Gasteiger partial charge in [0.2, 0.25) is 5.91 Å². The van der Waals surface area contributed by atoms with Crippen LogP contribution in [-0.4, -0.2) is 62.0 Å². The maximum absolute atomic E-state index is 12.3. The Balaban J connectivity index is 2.57. The average Bonchev–Trinajstić information content (AvgIpc) is 2.37. The second kappa shape index (κ2) is 7.99. The smallest absolute Gasteiger partial charge is 0.239 e. The molecule has 0 saturated carbocycles. The fraction of sp³-hybridized carbons (Fsp3) is 0.938. The van der Waals surface area contributed by atoms with Crippen LogP contribution in [0.4, 0.5) is 0 Å². The molecule has 1 rings (SSSR count). The van der Waals surface area contributed by atoms with Gasteiger partial charge in [0.1, 0.15) is 0 Å². The monoisotopic (exact) mass is 283 g/mol. The zero-order valence-electron chi connectivity index (χ0n) is 14.1. The van der Waals surface area contributed by atoms with Gasteiger partial charge >= 0.3 is 0 Å². The minimum atomic E-state index is -0.0420. The van der Waals surface area contributed by atoms with Gasteiger partial charge < -0.3 is 15.1 Å². The van der Waals surface area contributed by atoms with Crippen LogP contribution in [0.2, 0.25) is 0 Å². The van der Waals surface area contributed by atoms with Crippen LogP contribution in [-0.2, 0) is 4.79 Å². The van der Waals surface area contributed by atoms with E-state index in [0.717, 1.165) is 6.42 Å². The van der Waals surface area contributed by atoms with E-state index in [1.54, 1.807) is 4.90 Å². The molecule has 4 heteroatoms. The number of piperidine rings is 1. The van der Waals surface area contributed by atoms with Crippen molar-refractivity contribution in [1.82, 2.24) is 15.1 Å². The average molecular weight is 283 g/mol. The van der Waals surface area contributed by atoms with Crippen molar-refractivity contribution in [3.05, 3.63) is 0 Å². The lowest BCUT2D eigenvalue weighted by Crippen LogP contribution is -2.51. The molecule has 1 amide bonds. The zero-order chi connectivity index (χ0) is 15.3. The molecular formula is C16H33N3O. The van der Waals surface area contributed by atoms with Crippen LogP contribution < -0.4 is 5.32 Å². The van der Waals surface area contributed by atoms with Crippen LogP contribution in [0.5, 0.6) is 0 Å². The van der Waals surface area contributed by atoms with Crippen LogP contribution in [0.15, 0.2) is 0 Å². The van der Waals surface area contributed by atoms with E-state index in [9.17, 15) is 4.79 Å². The van der Waals surface area contributed by atoms with E-state index in [1.165, 1.54) is 25.9 Å². The number of hydrogen-bond donors (Lipinski definition) is 1. The van der Waals surface area contributed by atoms with Gasteiger partial charge in [0.05, 0.1) is 6.04 Å². The van der Waals surface area contributed by atoms with Crippen LogP contribution in [0.3, 0.4) is 0 Å². The Bertz CT molecular complexity index is 296. The lowest BCUT2D eigenvalue weighted by Gasteiger charge is -2.35. The first kappa shape index (κ1) is 17.4. The minimum absolute atomic E-state index is 0.0420. The van der Waals surface area contributed by atoms with Gasteiger partial charge in [-0.3, -0.25) is 4.79 Å². The topological polar surface area (TPSA) is 35.6 Å². The van der Waals surface area contributed by atoms with Gasteiger partial charge in [0, 0.05) is 20.1 Å². The summed E-state index contributed by atoms with van der Waals surface area (Å²) >= 11 is 0. The summed E-state index contributed by atoms with van der Waals surface area (Å²) in [7, 11) is 5.88. The van der Waals surface area contributed by atoms with E-state index in [4.69, 9.17) is 0 Å². The summed E-state index contributed by atoms with van der Waals surface area (Å²) in [6.45, 7) is 8.95. The van der Waals surface area contributed by atoms with E-state index < -0.39 is 0 Å². The second-order valence-electron chi connectivity index (χ2n) is 7.01. The number of likely N-dealkylation sites (N-methyl/N-ethyl adjacent to an activating group) is 1. The Kier molecular flexibility index (Phi) is 6.96. The van der Waals surface area contributed by atoms with Gasteiger partial charge in [-0.2, -0.15) is 0 Å². The molecule has 0 spiro atoms. The predicted octanol–water partition coefficient (Wildman–Crippen LogP) is 1.81. The molecule has 118 valence electrons. The van der Waals surface area contributed by atoms with Gasteiger partial charge in [0.15, 0.2) is 0 Å². The van der Waals surface area contributed by atoms with Gasteiger partial charge in [-0.15, -0.1) is 0 Å². The van der Waals surface area contributed by atoms with E-state index >= 15 is 0 Å². The third-order valence-corrected chi connectivity index (χ3v) is 4.38. The summed E-state index contributed by atoms with van der Waals surface area (Å²) < 4.78 is 0. The SMILES string of the molecule is CC(C)CC(NC(C)C1CCN(C)CC1)C(=O)N(C)C. The van der Waals surface area contributed by atoms with Gasteiger partial charge in [-0.05, 0) is 58.2 Å². The molecule has 0 radical (unpaired) electrons. The number of nitrogens with one attached hydrogen (secondary N) is 1. The van der Waals surface area contributed by atoms with Crippen molar-refractivity contribution >= 4 is 5.91 Å². The second-order valence-corrected chi connectivity index (χ2v) is 7.01. The van der Waals surface area contributed by atoms with E-state index in [2.05, 4.69) is 38.0 Å². The normalized spacial score (nSPS) is 20.9. The first-order valence-electron chi connectivity index (χ1n) is 7.97. The number of rotatable bonds is 6. The Morgan fingerprint density at radius 2 is 1.80 bits per heavy atom. The summed E-state index contributed by atoms with van der Waals surface area (Å²) in [6, 6.07) is 0.371. The van der Waals surface area contributed by atoms with Crippen LogP contribution >= 0.6 is 0 Å². The molecule has 1 N–H and O–H groups in total. The lowest BCUT2D eigenvalue weighted by atomic mass is 9.89. The van der Waals surface area contributed by atoms with E-state index in [-0.39, 0.29) is 11.9 Å².